The van der Waals surface area contributed by atoms with Gasteiger partial charge < -0.3 is 5.32 Å². The molecule has 0 aliphatic heterocycles. The number of aromatic nitrogens is 2. The van der Waals surface area contributed by atoms with Gasteiger partial charge in [0.05, 0.1) is 16.2 Å². The number of fused-ring (bicyclic) bond motifs is 1. The number of hydrogen-bond acceptors (Lipinski definition) is 3. The Kier molecular flexibility index (Phi) is 3.05. The van der Waals surface area contributed by atoms with Crippen molar-refractivity contribution in [3.63, 3.8) is 0 Å². The van der Waals surface area contributed by atoms with Crippen LogP contribution in [0.4, 0.5) is 11.5 Å². The second-order valence-corrected chi connectivity index (χ2v) is 4.75. The molecule has 0 spiro atoms. The van der Waals surface area contributed by atoms with Crippen molar-refractivity contribution >= 4 is 34.0 Å². The van der Waals surface area contributed by atoms with E-state index < -0.39 is 0 Å². The van der Waals surface area contributed by atoms with Crippen LogP contribution in [0.1, 0.15) is 5.69 Å². The summed E-state index contributed by atoms with van der Waals surface area (Å²) in [5, 5.41) is 5.01. The first-order valence-corrected chi connectivity index (χ1v) is 6.35. The largest absolute Gasteiger partial charge is 0.340 e. The molecular weight excluding hydrogens is 258 g/mol. The Morgan fingerprint density at radius 3 is 2.74 bits per heavy atom. The highest BCUT2D eigenvalue weighted by Gasteiger charge is 2.04. The monoisotopic (exact) mass is 269 g/mol. The highest BCUT2D eigenvalue weighted by atomic mass is 35.5. The van der Waals surface area contributed by atoms with E-state index in [4.69, 9.17) is 11.6 Å². The molecule has 19 heavy (non-hydrogen) atoms. The fraction of sp³-hybridized carbons (Fsp3) is 0.0667. The fourth-order valence-electron chi connectivity index (χ4n) is 2.00. The van der Waals surface area contributed by atoms with Crippen molar-refractivity contribution in [2.75, 3.05) is 5.32 Å². The molecule has 1 N–H and O–H groups in total. The molecule has 0 unspecified atom stereocenters. The highest BCUT2D eigenvalue weighted by Crippen LogP contribution is 2.25. The van der Waals surface area contributed by atoms with Crippen LogP contribution in [0.5, 0.6) is 0 Å². The first kappa shape index (κ1) is 11.9. The second kappa shape index (κ2) is 4.86. The van der Waals surface area contributed by atoms with Gasteiger partial charge in [0.15, 0.2) is 0 Å². The van der Waals surface area contributed by atoms with Gasteiger partial charge in [0.2, 0.25) is 0 Å². The lowest BCUT2D eigenvalue weighted by Gasteiger charge is -2.10. The summed E-state index contributed by atoms with van der Waals surface area (Å²) in [4.78, 5) is 8.76. The summed E-state index contributed by atoms with van der Waals surface area (Å²) in [5.74, 6) is 0.764. The smallest absolute Gasteiger partial charge is 0.130 e. The maximum absolute atomic E-state index is 5.83. The number of aryl methyl sites for hydroxylation is 1. The summed E-state index contributed by atoms with van der Waals surface area (Å²) in [7, 11) is 0. The van der Waals surface area contributed by atoms with Crippen molar-refractivity contribution in [2.45, 2.75) is 6.92 Å². The molecule has 3 aromatic rings. The first-order chi connectivity index (χ1) is 9.22. The molecule has 0 aliphatic rings. The van der Waals surface area contributed by atoms with E-state index >= 15 is 0 Å². The SMILES string of the molecule is Cc1cc(Nc2ccc(Cl)cn2)c2ccccc2n1. The Balaban J connectivity index is 2.07. The van der Waals surface area contributed by atoms with E-state index in [1.807, 2.05) is 49.4 Å². The predicted octanol–water partition coefficient (Wildman–Crippen LogP) is 4.34. The minimum absolute atomic E-state index is 0.626. The number of para-hydroxylation sites is 1. The molecule has 2 aromatic heterocycles. The van der Waals surface area contributed by atoms with Crippen molar-refractivity contribution in [3.8, 4) is 0 Å². The summed E-state index contributed by atoms with van der Waals surface area (Å²) in [5.41, 5.74) is 2.94. The molecule has 0 radical (unpaired) electrons. The van der Waals surface area contributed by atoms with E-state index in [0.717, 1.165) is 28.1 Å². The molecule has 0 fully saturated rings. The molecule has 1 aromatic carbocycles. The summed E-state index contributed by atoms with van der Waals surface area (Å²) in [6, 6.07) is 13.7. The summed E-state index contributed by atoms with van der Waals surface area (Å²) < 4.78 is 0. The molecular formula is C15H12ClN3. The normalized spacial score (nSPS) is 10.6. The van der Waals surface area contributed by atoms with Crippen molar-refractivity contribution in [2.24, 2.45) is 0 Å². The fourth-order valence-corrected chi connectivity index (χ4v) is 2.11. The summed E-state index contributed by atoms with van der Waals surface area (Å²) in [6.07, 6.45) is 1.63. The van der Waals surface area contributed by atoms with Crippen LogP contribution in [-0.4, -0.2) is 9.97 Å². The van der Waals surface area contributed by atoms with Crippen LogP contribution in [0.25, 0.3) is 10.9 Å². The number of nitrogens with one attached hydrogen (secondary N) is 1. The maximum Gasteiger partial charge on any atom is 0.130 e. The average Bonchev–Trinajstić information content (AvgIpc) is 2.41. The Bertz CT molecular complexity index is 723. The quantitative estimate of drug-likeness (QED) is 0.752. The van der Waals surface area contributed by atoms with Gasteiger partial charge in [-0.25, -0.2) is 4.98 Å². The molecule has 0 atom stereocenters. The standard InChI is InChI=1S/C15H12ClN3/c1-10-8-14(12-4-2-3-5-13(12)18-10)19-15-7-6-11(16)9-17-15/h2-9H,1H3,(H,17,18,19). The number of anilines is 2. The first-order valence-electron chi connectivity index (χ1n) is 5.97. The second-order valence-electron chi connectivity index (χ2n) is 4.32. The molecule has 0 aliphatic carbocycles. The number of pyridine rings is 2. The van der Waals surface area contributed by atoms with Crippen LogP contribution in [0.2, 0.25) is 5.02 Å². The van der Waals surface area contributed by atoms with E-state index in [2.05, 4.69) is 15.3 Å². The molecule has 94 valence electrons. The van der Waals surface area contributed by atoms with Crippen LogP contribution in [0.3, 0.4) is 0 Å². The van der Waals surface area contributed by atoms with Crippen molar-refractivity contribution < 1.29 is 0 Å². The lowest BCUT2D eigenvalue weighted by molar-refractivity contribution is 1.25. The van der Waals surface area contributed by atoms with Crippen molar-refractivity contribution in [1.82, 2.24) is 9.97 Å². The molecule has 3 nitrogen and oxygen atoms in total. The number of benzene rings is 1. The molecule has 4 heteroatoms. The average molecular weight is 270 g/mol. The maximum atomic E-state index is 5.83. The predicted molar refractivity (Wildman–Crippen MR) is 79.0 cm³/mol. The Hall–Kier alpha value is -2.13. The number of hydrogen-bond donors (Lipinski definition) is 1. The topological polar surface area (TPSA) is 37.8 Å². The van der Waals surface area contributed by atoms with Crippen LogP contribution < -0.4 is 5.32 Å². The number of nitrogens with zero attached hydrogens (tertiary/aromatic N) is 2. The Morgan fingerprint density at radius 2 is 1.95 bits per heavy atom. The summed E-state index contributed by atoms with van der Waals surface area (Å²) >= 11 is 5.83. The minimum Gasteiger partial charge on any atom is -0.340 e. The third kappa shape index (κ3) is 2.51. The van der Waals surface area contributed by atoms with E-state index in [1.54, 1.807) is 6.20 Å². The van der Waals surface area contributed by atoms with Gasteiger partial charge >= 0.3 is 0 Å². The van der Waals surface area contributed by atoms with Crippen LogP contribution in [0.15, 0.2) is 48.7 Å². The van der Waals surface area contributed by atoms with E-state index in [1.165, 1.54) is 0 Å². The van der Waals surface area contributed by atoms with Gasteiger partial charge in [-0.1, -0.05) is 29.8 Å². The minimum atomic E-state index is 0.626. The third-order valence-corrected chi connectivity index (χ3v) is 3.06. The highest BCUT2D eigenvalue weighted by molar-refractivity contribution is 6.30. The molecule has 0 saturated heterocycles. The molecule has 0 bridgehead atoms. The molecule has 2 heterocycles. The van der Waals surface area contributed by atoms with E-state index in [0.29, 0.717) is 5.02 Å². The van der Waals surface area contributed by atoms with Crippen molar-refractivity contribution in [1.29, 1.82) is 0 Å². The van der Waals surface area contributed by atoms with Gasteiger partial charge in [0.25, 0.3) is 0 Å². The van der Waals surface area contributed by atoms with Crippen LogP contribution in [-0.2, 0) is 0 Å². The van der Waals surface area contributed by atoms with Gasteiger partial charge in [0, 0.05) is 17.3 Å². The van der Waals surface area contributed by atoms with Gasteiger partial charge in [-0.05, 0) is 31.2 Å². The zero-order valence-corrected chi connectivity index (χ0v) is 11.1. The van der Waals surface area contributed by atoms with Crippen LogP contribution >= 0.6 is 11.6 Å². The molecule has 0 amide bonds. The van der Waals surface area contributed by atoms with Crippen LogP contribution in [0, 0.1) is 6.92 Å². The van der Waals surface area contributed by atoms with Crippen molar-refractivity contribution in [3.05, 3.63) is 59.4 Å². The Labute approximate surface area is 116 Å². The third-order valence-electron chi connectivity index (χ3n) is 2.83. The Morgan fingerprint density at radius 1 is 1.11 bits per heavy atom. The zero-order chi connectivity index (χ0) is 13.2. The summed E-state index contributed by atoms with van der Waals surface area (Å²) in [6.45, 7) is 1.98. The van der Waals surface area contributed by atoms with Gasteiger partial charge in [0.1, 0.15) is 5.82 Å². The lowest BCUT2D eigenvalue weighted by atomic mass is 10.1. The number of rotatable bonds is 2. The molecule has 0 saturated carbocycles. The lowest BCUT2D eigenvalue weighted by Crippen LogP contribution is -1.96. The van der Waals surface area contributed by atoms with E-state index in [9.17, 15) is 0 Å². The van der Waals surface area contributed by atoms with E-state index in [-0.39, 0.29) is 0 Å². The number of halogens is 1. The van der Waals surface area contributed by atoms with Gasteiger partial charge in [-0.3, -0.25) is 4.98 Å². The van der Waals surface area contributed by atoms with Gasteiger partial charge in [-0.15, -0.1) is 0 Å². The zero-order valence-electron chi connectivity index (χ0n) is 10.4. The molecule has 3 rings (SSSR count). The van der Waals surface area contributed by atoms with Gasteiger partial charge in [-0.2, -0.15) is 0 Å².